The molecule has 132 valence electrons. The van der Waals surface area contributed by atoms with Gasteiger partial charge in [0.15, 0.2) is 0 Å². The Morgan fingerprint density at radius 3 is 1.74 bits per heavy atom. The van der Waals surface area contributed by atoms with Crippen LogP contribution in [0.1, 0.15) is 30.0 Å². The summed E-state index contributed by atoms with van der Waals surface area (Å²) >= 11 is 0. The number of hydrogen-bond acceptors (Lipinski definition) is 1. The lowest BCUT2D eigenvalue weighted by atomic mass is 9.89. The second-order valence-corrected chi connectivity index (χ2v) is 7.30. The minimum atomic E-state index is 0.221. The van der Waals surface area contributed by atoms with Crippen molar-refractivity contribution in [3.63, 3.8) is 0 Å². The lowest BCUT2D eigenvalue weighted by Gasteiger charge is -2.35. The summed E-state index contributed by atoms with van der Waals surface area (Å²) in [5.41, 5.74) is 2.77. The molecule has 0 unspecified atom stereocenters. The number of rotatable bonds is 3. The van der Waals surface area contributed by atoms with Gasteiger partial charge < -0.3 is 4.90 Å². The van der Waals surface area contributed by atoms with Gasteiger partial charge in [0, 0.05) is 6.54 Å². The van der Waals surface area contributed by atoms with Gasteiger partial charge in [0.2, 0.25) is 0 Å². The standard InChI is InChI=1S/C26H23N/c1-6-18-27(19-7-1)26(24-16-8-12-20-10-2-4-14-22(20)24)25-17-9-13-21-11-3-5-15-23(21)25/h2-6,8-18,26H,1,7,19H2. The predicted molar refractivity (Wildman–Crippen MR) is 115 cm³/mol. The van der Waals surface area contributed by atoms with Gasteiger partial charge in [0.05, 0.1) is 6.04 Å². The monoisotopic (exact) mass is 349 g/mol. The van der Waals surface area contributed by atoms with Gasteiger partial charge in [0.1, 0.15) is 0 Å². The zero-order valence-corrected chi connectivity index (χ0v) is 15.4. The lowest BCUT2D eigenvalue weighted by Crippen LogP contribution is -2.27. The van der Waals surface area contributed by atoms with E-state index in [2.05, 4.69) is 102 Å². The van der Waals surface area contributed by atoms with E-state index in [-0.39, 0.29) is 6.04 Å². The van der Waals surface area contributed by atoms with Gasteiger partial charge in [-0.25, -0.2) is 0 Å². The SMILES string of the molecule is C1=CN(C(c2cccc3ccccc23)c2cccc3ccccc23)CCC1. The Morgan fingerprint density at radius 1 is 0.630 bits per heavy atom. The van der Waals surface area contributed by atoms with Crippen molar-refractivity contribution in [2.24, 2.45) is 0 Å². The molecule has 1 heterocycles. The largest absolute Gasteiger partial charge is 0.367 e. The van der Waals surface area contributed by atoms with Gasteiger partial charge in [0.25, 0.3) is 0 Å². The van der Waals surface area contributed by atoms with Crippen LogP contribution in [0.5, 0.6) is 0 Å². The van der Waals surface area contributed by atoms with E-state index in [9.17, 15) is 0 Å². The first kappa shape index (κ1) is 16.1. The van der Waals surface area contributed by atoms with Crippen LogP contribution in [0.2, 0.25) is 0 Å². The summed E-state index contributed by atoms with van der Waals surface area (Å²) in [5, 5.41) is 5.30. The molecule has 1 aliphatic rings. The van der Waals surface area contributed by atoms with Crippen LogP contribution in [0.15, 0.2) is 97.2 Å². The molecule has 0 spiro atoms. The van der Waals surface area contributed by atoms with Crippen molar-refractivity contribution in [1.82, 2.24) is 4.90 Å². The molecule has 1 heteroatoms. The number of hydrogen-bond donors (Lipinski definition) is 0. The average Bonchev–Trinajstić information content (AvgIpc) is 2.75. The van der Waals surface area contributed by atoms with Gasteiger partial charge in [-0.15, -0.1) is 0 Å². The van der Waals surface area contributed by atoms with Gasteiger partial charge >= 0.3 is 0 Å². The van der Waals surface area contributed by atoms with Gasteiger partial charge in [-0.3, -0.25) is 0 Å². The Morgan fingerprint density at radius 2 is 1.19 bits per heavy atom. The van der Waals surface area contributed by atoms with E-state index in [1.807, 2.05) is 0 Å². The molecule has 0 N–H and O–H groups in total. The average molecular weight is 349 g/mol. The molecule has 4 aromatic carbocycles. The maximum atomic E-state index is 2.52. The van der Waals surface area contributed by atoms with Crippen LogP contribution < -0.4 is 0 Å². The minimum Gasteiger partial charge on any atom is -0.367 e. The number of fused-ring (bicyclic) bond motifs is 2. The fourth-order valence-corrected chi connectivity index (χ4v) is 4.39. The van der Waals surface area contributed by atoms with Crippen molar-refractivity contribution in [1.29, 1.82) is 0 Å². The van der Waals surface area contributed by atoms with Crippen molar-refractivity contribution in [3.05, 3.63) is 108 Å². The topological polar surface area (TPSA) is 3.24 Å². The van der Waals surface area contributed by atoms with Crippen LogP contribution in [0.25, 0.3) is 21.5 Å². The van der Waals surface area contributed by atoms with Crippen LogP contribution in [0.4, 0.5) is 0 Å². The predicted octanol–water partition coefficient (Wildman–Crippen LogP) is 6.69. The first-order chi connectivity index (χ1) is 13.4. The van der Waals surface area contributed by atoms with Gasteiger partial charge in [-0.2, -0.15) is 0 Å². The van der Waals surface area contributed by atoms with E-state index < -0.39 is 0 Å². The van der Waals surface area contributed by atoms with Crippen molar-refractivity contribution in [2.75, 3.05) is 6.54 Å². The van der Waals surface area contributed by atoms with Crippen LogP contribution in [-0.4, -0.2) is 11.4 Å². The van der Waals surface area contributed by atoms with E-state index in [0.717, 1.165) is 6.54 Å². The van der Waals surface area contributed by atoms with E-state index in [1.54, 1.807) is 0 Å². The second-order valence-electron chi connectivity index (χ2n) is 7.30. The van der Waals surface area contributed by atoms with Crippen LogP contribution >= 0.6 is 0 Å². The normalized spacial score (nSPS) is 14.3. The summed E-state index contributed by atoms with van der Waals surface area (Å²) in [6.07, 6.45) is 7.00. The van der Waals surface area contributed by atoms with E-state index in [0.29, 0.717) is 0 Å². The Hall–Kier alpha value is -3.06. The Balaban J connectivity index is 1.79. The summed E-state index contributed by atoms with van der Waals surface area (Å²) in [5.74, 6) is 0. The number of benzene rings is 4. The van der Waals surface area contributed by atoms with Gasteiger partial charge in [-0.1, -0.05) is 91.0 Å². The Kier molecular flexibility index (Phi) is 4.14. The van der Waals surface area contributed by atoms with E-state index in [1.165, 1.54) is 45.5 Å². The molecule has 0 saturated carbocycles. The highest BCUT2D eigenvalue weighted by atomic mass is 15.1. The summed E-state index contributed by atoms with van der Waals surface area (Å²) < 4.78 is 0. The molecule has 5 rings (SSSR count). The Bertz CT molecular complexity index is 1040. The molecule has 1 nitrogen and oxygen atoms in total. The molecular weight excluding hydrogens is 326 g/mol. The summed E-state index contributed by atoms with van der Waals surface area (Å²) in [4.78, 5) is 2.52. The zero-order chi connectivity index (χ0) is 18.1. The third-order valence-corrected chi connectivity index (χ3v) is 5.65. The van der Waals surface area contributed by atoms with Crippen LogP contribution in [-0.2, 0) is 0 Å². The molecule has 4 aromatic rings. The molecule has 0 aliphatic carbocycles. The highest BCUT2D eigenvalue weighted by Gasteiger charge is 2.24. The zero-order valence-electron chi connectivity index (χ0n) is 15.4. The van der Waals surface area contributed by atoms with Crippen LogP contribution in [0, 0.1) is 0 Å². The van der Waals surface area contributed by atoms with E-state index >= 15 is 0 Å². The maximum Gasteiger partial charge on any atom is 0.0802 e. The number of allylic oxidation sites excluding steroid dienone is 1. The molecule has 0 fully saturated rings. The first-order valence-electron chi connectivity index (χ1n) is 9.79. The minimum absolute atomic E-state index is 0.221. The molecule has 0 atom stereocenters. The van der Waals surface area contributed by atoms with Crippen molar-refractivity contribution < 1.29 is 0 Å². The molecule has 27 heavy (non-hydrogen) atoms. The highest BCUT2D eigenvalue weighted by molar-refractivity contribution is 5.90. The van der Waals surface area contributed by atoms with Crippen LogP contribution in [0.3, 0.4) is 0 Å². The summed E-state index contributed by atoms with van der Waals surface area (Å²) in [6.45, 7) is 1.09. The molecule has 0 saturated heterocycles. The molecule has 0 amide bonds. The fraction of sp³-hybridized carbons (Fsp3) is 0.154. The third-order valence-electron chi connectivity index (χ3n) is 5.65. The molecule has 0 radical (unpaired) electrons. The molecule has 0 aromatic heterocycles. The quantitative estimate of drug-likeness (QED) is 0.398. The molecule has 1 aliphatic heterocycles. The van der Waals surface area contributed by atoms with Gasteiger partial charge in [-0.05, 0) is 51.7 Å². The molecule has 0 bridgehead atoms. The smallest absolute Gasteiger partial charge is 0.0802 e. The maximum absolute atomic E-state index is 2.52. The highest BCUT2D eigenvalue weighted by Crippen LogP contribution is 2.38. The molecular formula is C26H23N. The summed E-state index contributed by atoms with van der Waals surface area (Å²) in [7, 11) is 0. The fourth-order valence-electron chi connectivity index (χ4n) is 4.39. The first-order valence-corrected chi connectivity index (χ1v) is 9.79. The van der Waals surface area contributed by atoms with Crippen molar-refractivity contribution in [3.8, 4) is 0 Å². The number of nitrogens with zero attached hydrogens (tertiary/aromatic N) is 1. The Labute approximate surface area is 160 Å². The van der Waals surface area contributed by atoms with Crippen molar-refractivity contribution in [2.45, 2.75) is 18.9 Å². The summed E-state index contributed by atoms with van der Waals surface area (Å²) in [6, 6.07) is 31.1. The second kappa shape index (κ2) is 6.92. The van der Waals surface area contributed by atoms with Crippen molar-refractivity contribution >= 4 is 21.5 Å². The van der Waals surface area contributed by atoms with E-state index in [4.69, 9.17) is 0 Å². The third kappa shape index (κ3) is 2.90. The lowest BCUT2D eigenvalue weighted by molar-refractivity contribution is 0.303.